The van der Waals surface area contributed by atoms with Gasteiger partial charge in [0.25, 0.3) is 5.91 Å². The monoisotopic (exact) mass is 443 g/mol. The van der Waals surface area contributed by atoms with Crippen LogP contribution in [0.25, 0.3) is 0 Å². The molecule has 0 aromatic heterocycles. The molecular formula is C22H25N3O7. The third kappa shape index (κ3) is 5.33. The smallest absolute Gasteiger partial charge is 0.340 e. The number of nitro groups is 1. The molecule has 0 saturated carbocycles. The zero-order chi connectivity index (χ0) is 23.1. The highest BCUT2D eigenvalue weighted by Gasteiger charge is 2.22. The van der Waals surface area contributed by atoms with Crippen LogP contribution in [0.15, 0.2) is 36.4 Å². The first-order valence-corrected chi connectivity index (χ1v) is 10.3. The Kier molecular flexibility index (Phi) is 7.61. The minimum atomic E-state index is -0.599. The Morgan fingerprint density at radius 3 is 2.53 bits per heavy atom. The number of benzene rings is 2. The second-order valence-corrected chi connectivity index (χ2v) is 6.88. The molecule has 2 aromatic carbocycles. The molecule has 1 heterocycles. The van der Waals surface area contributed by atoms with Gasteiger partial charge in [0.1, 0.15) is 0 Å². The summed E-state index contributed by atoms with van der Waals surface area (Å²) in [5.41, 5.74) is 1.18. The zero-order valence-electron chi connectivity index (χ0n) is 18.0. The fourth-order valence-electron chi connectivity index (χ4n) is 3.35. The van der Waals surface area contributed by atoms with Crippen LogP contribution in [0, 0.1) is 10.1 Å². The van der Waals surface area contributed by atoms with Crippen molar-refractivity contribution in [3.8, 4) is 5.75 Å². The van der Waals surface area contributed by atoms with Crippen molar-refractivity contribution in [1.82, 2.24) is 0 Å². The second-order valence-electron chi connectivity index (χ2n) is 6.88. The lowest BCUT2D eigenvalue weighted by atomic mass is 10.1. The Morgan fingerprint density at radius 2 is 1.88 bits per heavy atom. The molecule has 2 aromatic rings. The minimum absolute atomic E-state index is 0.0912. The Hall–Kier alpha value is -3.66. The lowest BCUT2D eigenvalue weighted by molar-refractivity contribution is -0.385. The van der Waals surface area contributed by atoms with Crippen molar-refractivity contribution < 1.29 is 28.7 Å². The molecule has 1 aliphatic rings. The normalized spacial score (nSPS) is 13.4. The molecule has 0 unspecified atom stereocenters. The van der Waals surface area contributed by atoms with Crippen molar-refractivity contribution in [3.63, 3.8) is 0 Å². The molecule has 0 atom stereocenters. The van der Waals surface area contributed by atoms with Crippen LogP contribution < -0.4 is 15.0 Å². The SMILES string of the molecule is CCOC(=O)c1cc(NC(=O)c2ccc(OCC)c([N+](=O)[O-])c2)ccc1N1CCOCC1. The highest BCUT2D eigenvalue weighted by Crippen LogP contribution is 2.29. The van der Waals surface area contributed by atoms with Crippen molar-refractivity contribution in [1.29, 1.82) is 0 Å². The van der Waals surface area contributed by atoms with E-state index >= 15 is 0 Å². The van der Waals surface area contributed by atoms with Gasteiger partial charge in [0.2, 0.25) is 0 Å². The fourth-order valence-corrected chi connectivity index (χ4v) is 3.35. The Balaban J connectivity index is 1.87. The summed E-state index contributed by atoms with van der Waals surface area (Å²) in [5.74, 6) is -0.958. The van der Waals surface area contributed by atoms with Crippen LogP contribution >= 0.6 is 0 Å². The molecular weight excluding hydrogens is 418 g/mol. The fraction of sp³-hybridized carbons (Fsp3) is 0.364. The number of esters is 1. The van der Waals surface area contributed by atoms with Crippen molar-refractivity contribution in [3.05, 3.63) is 57.6 Å². The third-order valence-corrected chi connectivity index (χ3v) is 4.82. The number of nitro benzene ring substituents is 1. The number of rotatable bonds is 8. The first-order valence-electron chi connectivity index (χ1n) is 10.3. The number of nitrogens with one attached hydrogen (secondary N) is 1. The average Bonchev–Trinajstić information content (AvgIpc) is 2.80. The van der Waals surface area contributed by atoms with Gasteiger partial charge in [0.05, 0.1) is 42.6 Å². The number of morpholine rings is 1. The molecule has 1 fully saturated rings. The molecule has 0 radical (unpaired) electrons. The molecule has 1 aliphatic heterocycles. The van der Waals surface area contributed by atoms with Gasteiger partial charge in [-0.25, -0.2) is 4.79 Å². The van der Waals surface area contributed by atoms with Crippen LogP contribution in [0.5, 0.6) is 5.75 Å². The summed E-state index contributed by atoms with van der Waals surface area (Å²) in [6.45, 7) is 6.28. The van der Waals surface area contributed by atoms with E-state index in [-0.39, 0.29) is 30.2 Å². The summed E-state index contributed by atoms with van der Waals surface area (Å²) in [4.78, 5) is 38.0. The van der Waals surface area contributed by atoms with Gasteiger partial charge in [-0.2, -0.15) is 0 Å². The summed E-state index contributed by atoms with van der Waals surface area (Å²) in [5, 5.41) is 14.0. The van der Waals surface area contributed by atoms with E-state index in [0.29, 0.717) is 43.2 Å². The van der Waals surface area contributed by atoms with E-state index in [2.05, 4.69) is 5.32 Å². The van der Waals surface area contributed by atoms with E-state index in [9.17, 15) is 19.7 Å². The zero-order valence-corrected chi connectivity index (χ0v) is 18.0. The van der Waals surface area contributed by atoms with E-state index < -0.39 is 16.8 Å². The van der Waals surface area contributed by atoms with E-state index in [1.54, 1.807) is 32.0 Å². The molecule has 10 nitrogen and oxygen atoms in total. The van der Waals surface area contributed by atoms with E-state index in [1.807, 2.05) is 4.90 Å². The van der Waals surface area contributed by atoms with Gasteiger partial charge in [-0.15, -0.1) is 0 Å². The summed E-state index contributed by atoms with van der Waals surface area (Å²) < 4.78 is 15.8. The maximum atomic E-state index is 12.7. The van der Waals surface area contributed by atoms with Gasteiger partial charge in [0, 0.05) is 30.4 Å². The number of nitrogens with zero attached hydrogens (tertiary/aromatic N) is 2. The first kappa shape index (κ1) is 23.0. The van der Waals surface area contributed by atoms with Crippen LogP contribution in [0.3, 0.4) is 0 Å². The molecule has 1 amide bonds. The summed E-state index contributed by atoms with van der Waals surface area (Å²) in [7, 11) is 0. The quantitative estimate of drug-likeness (QED) is 0.375. The van der Waals surface area contributed by atoms with Crippen LogP contribution in [-0.4, -0.2) is 56.3 Å². The molecule has 0 spiro atoms. The lowest BCUT2D eigenvalue weighted by Gasteiger charge is -2.30. The average molecular weight is 443 g/mol. The van der Waals surface area contributed by atoms with Crippen LogP contribution in [-0.2, 0) is 9.47 Å². The summed E-state index contributed by atoms with van der Waals surface area (Å²) in [6, 6.07) is 8.96. The molecule has 170 valence electrons. The molecule has 10 heteroatoms. The largest absolute Gasteiger partial charge is 0.487 e. The summed E-state index contributed by atoms with van der Waals surface area (Å²) in [6.07, 6.45) is 0. The van der Waals surface area contributed by atoms with Gasteiger partial charge in [-0.05, 0) is 44.2 Å². The van der Waals surface area contributed by atoms with Crippen molar-refractivity contribution in [2.45, 2.75) is 13.8 Å². The lowest BCUT2D eigenvalue weighted by Crippen LogP contribution is -2.37. The number of hydrogen-bond donors (Lipinski definition) is 1. The van der Waals surface area contributed by atoms with Crippen molar-refractivity contribution in [2.75, 3.05) is 49.7 Å². The summed E-state index contributed by atoms with van der Waals surface area (Å²) >= 11 is 0. The predicted molar refractivity (Wildman–Crippen MR) is 118 cm³/mol. The molecule has 0 bridgehead atoms. The van der Waals surface area contributed by atoms with E-state index in [0.717, 1.165) is 6.07 Å². The first-order chi connectivity index (χ1) is 15.4. The highest BCUT2D eigenvalue weighted by molar-refractivity contribution is 6.06. The van der Waals surface area contributed by atoms with Crippen molar-refractivity contribution in [2.24, 2.45) is 0 Å². The molecule has 0 aliphatic carbocycles. The standard InChI is InChI=1S/C22H25N3O7/c1-3-31-20-8-5-15(13-19(20)25(28)29)21(26)23-16-6-7-18(24-9-11-30-12-10-24)17(14-16)22(27)32-4-2/h5-8,13-14H,3-4,9-12H2,1-2H3,(H,23,26). The number of carbonyl (C=O) groups excluding carboxylic acids is 2. The molecule has 1 N–H and O–H groups in total. The topological polar surface area (TPSA) is 120 Å². The number of carbonyl (C=O) groups is 2. The highest BCUT2D eigenvalue weighted by atomic mass is 16.6. The van der Waals surface area contributed by atoms with Crippen LogP contribution in [0.2, 0.25) is 0 Å². The maximum Gasteiger partial charge on any atom is 0.340 e. The second kappa shape index (κ2) is 10.6. The third-order valence-electron chi connectivity index (χ3n) is 4.82. The minimum Gasteiger partial charge on any atom is -0.487 e. The molecule has 32 heavy (non-hydrogen) atoms. The Morgan fingerprint density at radius 1 is 1.12 bits per heavy atom. The number of ether oxygens (including phenoxy) is 3. The Labute approximate surface area is 185 Å². The van der Waals surface area contributed by atoms with Crippen molar-refractivity contribution >= 4 is 28.9 Å². The maximum absolute atomic E-state index is 12.7. The number of hydrogen-bond acceptors (Lipinski definition) is 8. The van der Waals surface area contributed by atoms with E-state index in [4.69, 9.17) is 14.2 Å². The Bertz CT molecular complexity index is 1000. The van der Waals surface area contributed by atoms with Gasteiger partial charge < -0.3 is 24.4 Å². The van der Waals surface area contributed by atoms with Gasteiger partial charge >= 0.3 is 11.7 Å². The molecule has 1 saturated heterocycles. The van der Waals surface area contributed by atoms with Gasteiger partial charge in [-0.3, -0.25) is 14.9 Å². The number of anilines is 2. The van der Waals surface area contributed by atoms with Gasteiger partial charge in [0.15, 0.2) is 5.75 Å². The predicted octanol–water partition coefficient (Wildman–Crippen LogP) is 3.26. The number of amides is 1. The molecule has 3 rings (SSSR count). The van der Waals surface area contributed by atoms with Crippen LogP contribution in [0.4, 0.5) is 17.1 Å². The van der Waals surface area contributed by atoms with Crippen LogP contribution in [0.1, 0.15) is 34.6 Å². The van der Waals surface area contributed by atoms with Gasteiger partial charge in [-0.1, -0.05) is 0 Å². The van der Waals surface area contributed by atoms with E-state index in [1.165, 1.54) is 12.1 Å².